The van der Waals surface area contributed by atoms with E-state index >= 15 is 0 Å². The van der Waals surface area contributed by atoms with E-state index in [-0.39, 0.29) is 10.8 Å². The number of halogens is 1. The summed E-state index contributed by atoms with van der Waals surface area (Å²) in [7, 11) is 0. The molecule has 23 heavy (non-hydrogen) atoms. The smallest absolute Gasteiger partial charge is 0.0484 e. The fraction of sp³-hybridized carbons (Fsp3) is 0.455. The van der Waals surface area contributed by atoms with E-state index in [1.807, 2.05) is 6.07 Å². The van der Waals surface area contributed by atoms with Gasteiger partial charge in [0, 0.05) is 10.6 Å². The molecule has 0 unspecified atom stereocenters. The minimum absolute atomic E-state index is 0.226. The Balaban J connectivity index is 2.28. The highest BCUT2D eigenvalue weighted by atomic mass is 35.5. The third kappa shape index (κ3) is 2.83. The van der Waals surface area contributed by atoms with Gasteiger partial charge in [0.2, 0.25) is 0 Å². The number of benzene rings is 2. The molecule has 0 aromatic heterocycles. The summed E-state index contributed by atoms with van der Waals surface area (Å²) in [6.45, 7) is 13.8. The van der Waals surface area contributed by atoms with Crippen molar-refractivity contribution in [1.82, 2.24) is 0 Å². The molecule has 2 aromatic rings. The summed E-state index contributed by atoms with van der Waals surface area (Å²) in [6.07, 6.45) is 2.48. The zero-order valence-electron chi connectivity index (χ0n) is 15.2. The van der Waals surface area contributed by atoms with Crippen molar-refractivity contribution in [3.05, 3.63) is 57.6 Å². The Kier molecular flexibility index (Phi) is 3.88. The van der Waals surface area contributed by atoms with E-state index in [1.165, 1.54) is 40.7 Å². The third-order valence-electron chi connectivity index (χ3n) is 5.61. The normalized spacial score (nSPS) is 18.6. The minimum atomic E-state index is 0.226. The van der Waals surface area contributed by atoms with Crippen molar-refractivity contribution in [1.29, 1.82) is 0 Å². The lowest BCUT2D eigenvalue weighted by Gasteiger charge is -2.42. The fourth-order valence-electron chi connectivity index (χ4n) is 3.86. The predicted molar refractivity (Wildman–Crippen MR) is 102 cm³/mol. The molecule has 0 fully saturated rings. The monoisotopic (exact) mass is 326 g/mol. The molecule has 0 atom stereocenters. The van der Waals surface area contributed by atoms with Gasteiger partial charge in [-0.15, -0.1) is 0 Å². The van der Waals surface area contributed by atoms with Crippen LogP contribution in [-0.2, 0) is 10.8 Å². The first-order valence-electron chi connectivity index (χ1n) is 8.54. The summed E-state index contributed by atoms with van der Waals surface area (Å²) < 4.78 is 0. The zero-order chi connectivity index (χ0) is 17.0. The average Bonchev–Trinajstić information content (AvgIpc) is 2.46. The number of rotatable bonds is 1. The largest absolute Gasteiger partial charge is 0.0837 e. The molecule has 3 rings (SSSR count). The van der Waals surface area contributed by atoms with Crippen LogP contribution in [0.25, 0.3) is 11.1 Å². The average molecular weight is 327 g/mol. The highest BCUT2D eigenvalue weighted by molar-refractivity contribution is 6.33. The maximum absolute atomic E-state index is 6.51. The molecule has 0 aliphatic heterocycles. The Morgan fingerprint density at radius 2 is 1.35 bits per heavy atom. The lowest BCUT2D eigenvalue weighted by atomic mass is 9.62. The predicted octanol–water partition coefficient (Wildman–Crippen LogP) is 6.97. The van der Waals surface area contributed by atoms with Gasteiger partial charge in [0.25, 0.3) is 0 Å². The van der Waals surface area contributed by atoms with Crippen LogP contribution in [0.4, 0.5) is 0 Å². The number of hydrogen-bond donors (Lipinski definition) is 0. The Morgan fingerprint density at radius 1 is 0.783 bits per heavy atom. The summed E-state index contributed by atoms with van der Waals surface area (Å²) in [5.41, 5.74) is 8.50. The number of fused-ring (bicyclic) bond motifs is 1. The van der Waals surface area contributed by atoms with E-state index in [2.05, 4.69) is 65.8 Å². The molecule has 1 heteroatoms. The highest BCUT2D eigenvalue weighted by Crippen LogP contribution is 2.48. The van der Waals surface area contributed by atoms with Gasteiger partial charge in [0.05, 0.1) is 0 Å². The van der Waals surface area contributed by atoms with Crippen molar-refractivity contribution >= 4 is 11.6 Å². The lowest BCUT2D eigenvalue weighted by molar-refractivity contribution is 0.332. The number of aryl methyl sites for hydroxylation is 2. The summed E-state index contributed by atoms with van der Waals surface area (Å²) in [6, 6.07) is 11.1. The van der Waals surface area contributed by atoms with Crippen molar-refractivity contribution in [2.75, 3.05) is 0 Å². The van der Waals surface area contributed by atoms with Crippen molar-refractivity contribution in [3.8, 4) is 11.1 Å². The van der Waals surface area contributed by atoms with Gasteiger partial charge < -0.3 is 0 Å². The standard InChI is InChI=1S/C22H27Cl/c1-14-7-8-20(23)17(11-14)16-13-19-18(12-15(16)2)21(3,4)9-10-22(19,5)6/h7-8,11-13H,9-10H2,1-6H3. The van der Waals surface area contributed by atoms with E-state index in [4.69, 9.17) is 11.6 Å². The van der Waals surface area contributed by atoms with Crippen LogP contribution >= 0.6 is 11.6 Å². The topological polar surface area (TPSA) is 0 Å². The molecule has 0 saturated heterocycles. The van der Waals surface area contributed by atoms with Gasteiger partial charge in [-0.2, -0.15) is 0 Å². The van der Waals surface area contributed by atoms with Gasteiger partial charge in [0.15, 0.2) is 0 Å². The molecule has 0 bridgehead atoms. The molecule has 0 spiro atoms. The Bertz CT molecular complexity index is 766. The molecule has 1 aliphatic rings. The highest BCUT2D eigenvalue weighted by Gasteiger charge is 2.37. The Labute approximate surface area is 145 Å². The molecule has 0 N–H and O–H groups in total. The van der Waals surface area contributed by atoms with Crippen LogP contribution in [0.15, 0.2) is 30.3 Å². The van der Waals surface area contributed by atoms with E-state index in [0.717, 1.165) is 10.6 Å². The van der Waals surface area contributed by atoms with Crippen molar-refractivity contribution < 1.29 is 0 Å². The molecule has 0 saturated carbocycles. The van der Waals surface area contributed by atoms with Crippen molar-refractivity contribution in [2.45, 2.75) is 65.2 Å². The molecule has 0 radical (unpaired) electrons. The van der Waals surface area contributed by atoms with Gasteiger partial charge in [-0.05, 0) is 78.0 Å². The second-order valence-electron chi connectivity index (χ2n) is 8.46. The molecule has 2 aromatic carbocycles. The molecular weight excluding hydrogens is 300 g/mol. The molecule has 1 aliphatic carbocycles. The molecule has 0 nitrogen and oxygen atoms in total. The van der Waals surface area contributed by atoms with Crippen molar-refractivity contribution in [3.63, 3.8) is 0 Å². The van der Waals surface area contributed by atoms with Gasteiger partial charge in [-0.1, -0.05) is 57.0 Å². The van der Waals surface area contributed by atoms with Crippen molar-refractivity contribution in [2.24, 2.45) is 0 Å². The molecular formula is C22H27Cl. The quantitative estimate of drug-likeness (QED) is 0.530. The van der Waals surface area contributed by atoms with Crippen LogP contribution in [0, 0.1) is 13.8 Å². The molecule has 0 amide bonds. The fourth-order valence-corrected chi connectivity index (χ4v) is 4.08. The van der Waals surface area contributed by atoms with E-state index in [1.54, 1.807) is 0 Å². The maximum Gasteiger partial charge on any atom is 0.0484 e. The van der Waals surface area contributed by atoms with Gasteiger partial charge in [-0.3, -0.25) is 0 Å². The van der Waals surface area contributed by atoms with Crippen LogP contribution in [0.3, 0.4) is 0 Å². The SMILES string of the molecule is Cc1ccc(Cl)c(-c2cc3c(cc2C)C(C)(C)CCC3(C)C)c1. The summed E-state index contributed by atoms with van der Waals surface area (Å²) in [5, 5.41) is 0.839. The number of hydrogen-bond acceptors (Lipinski definition) is 0. The maximum atomic E-state index is 6.51. The van der Waals surface area contributed by atoms with Crippen LogP contribution in [0.2, 0.25) is 5.02 Å². The van der Waals surface area contributed by atoms with Crippen LogP contribution in [0.1, 0.15) is 62.8 Å². The minimum Gasteiger partial charge on any atom is -0.0837 e. The van der Waals surface area contributed by atoms with Gasteiger partial charge >= 0.3 is 0 Å². The van der Waals surface area contributed by atoms with Crippen LogP contribution in [0.5, 0.6) is 0 Å². The zero-order valence-corrected chi connectivity index (χ0v) is 15.9. The van der Waals surface area contributed by atoms with E-state index < -0.39 is 0 Å². The van der Waals surface area contributed by atoms with Gasteiger partial charge in [-0.25, -0.2) is 0 Å². The summed E-state index contributed by atoms with van der Waals surface area (Å²) >= 11 is 6.51. The Morgan fingerprint density at radius 3 is 1.96 bits per heavy atom. The molecule has 0 heterocycles. The molecule has 122 valence electrons. The van der Waals surface area contributed by atoms with Gasteiger partial charge in [0.1, 0.15) is 0 Å². The first kappa shape index (κ1) is 16.6. The summed E-state index contributed by atoms with van der Waals surface area (Å²) in [4.78, 5) is 0. The third-order valence-corrected chi connectivity index (χ3v) is 5.94. The second-order valence-corrected chi connectivity index (χ2v) is 8.87. The van der Waals surface area contributed by atoms with E-state index in [0.29, 0.717) is 0 Å². The van der Waals surface area contributed by atoms with E-state index in [9.17, 15) is 0 Å². The second kappa shape index (κ2) is 5.38. The first-order valence-corrected chi connectivity index (χ1v) is 8.92. The first-order chi connectivity index (χ1) is 10.6. The Hall–Kier alpha value is -1.27. The van der Waals surface area contributed by atoms with Crippen LogP contribution in [-0.4, -0.2) is 0 Å². The van der Waals surface area contributed by atoms with Crippen LogP contribution < -0.4 is 0 Å². The lowest BCUT2D eigenvalue weighted by Crippen LogP contribution is -2.34. The summed E-state index contributed by atoms with van der Waals surface area (Å²) in [5.74, 6) is 0.